The predicted molar refractivity (Wildman–Crippen MR) is 54.0 cm³/mol. The van der Waals surface area contributed by atoms with E-state index in [1.165, 1.54) is 32.2 Å². The van der Waals surface area contributed by atoms with Gasteiger partial charge in [-0.15, -0.1) is 0 Å². The summed E-state index contributed by atoms with van der Waals surface area (Å²) in [5.41, 5.74) is 0.193. The van der Waals surface area contributed by atoms with E-state index >= 15 is 0 Å². The number of carbonyl (C=O) groups is 1. The molecule has 0 radical (unpaired) electrons. The Morgan fingerprint density at radius 1 is 1.53 bits per heavy atom. The fourth-order valence-electron chi connectivity index (χ4n) is 1.11. The van der Waals surface area contributed by atoms with Gasteiger partial charge in [0.05, 0.1) is 12.0 Å². The van der Waals surface area contributed by atoms with Crippen LogP contribution in [0.5, 0.6) is 5.75 Å². The average molecular weight is 210 g/mol. The number of rotatable bonds is 3. The first-order chi connectivity index (χ1) is 7.04. The van der Waals surface area contributed by atoms with E-state index in [0.29, 0.717) is 5.69 Å². The van der Waals surface area contributed by atoms with E-state index in [9.17, 15) is 14.9 Å². The molecule has 0 heterocycles. The van der Waals surface area contributed by atoms with Crippen molar-refractivity contribution in [3.8, 4) is 5.75 Å². The van der Waals surface area contributed by atoms with Crippen molar-refractivity contribution in [2.24, 2.45) is 0 Å². The van der Waals surface area contributed by atoms with Crippen LogP contribution >= 0.6 is 0 Å². The summed E-state index contributed by atoms with van der Waals surface area (Å²) >= 11 is 0. The second-order valence-corrected chi connectivity index (χ2v) is 2.82. The molecule has 0 aromatic heterocycles. The number of carbonyl (C=O) groups excluding carboxylic acids is 1. The van der Waals surface area contributed by atoms with Gasteiger partial charge in [-0.25, -0.2) is 0 Å². The summed E-state index contributed by atoms with van der Waals surface area (Å²) in [6, 6.07) is 4.22. The van der Waals surface area contributed by atoms with E-state index < -0.39 is 4.92 Å². The number of nitrogens with zero attached hydrogens (tertiary/aromatic N) is 1. The van der Waals surface area contributed by atoms with E-state index in [4.69, 9.17) is 4.74 Å². The number of hydrogen-bond acceptors (Lipinski definition) is 4. The van der Waals surface area contributed by atoms with E-state index in [2.05, 4.69) is 5.32 Å². The van der Waals surface area contributed by atoms with Crippen molar-refractivity contribution in [1.82, 2.24) is 0 Å². The molecule has 1 rings (SSSR count). The molecular formula is C9H10N2O4. The third-order valence-corrected chi connectivity index (χ3v) is 1.70. The molecule has 0 saturated carbocycles. The summed E-state index contributed by atoms with van der Waals surface area (Å²) in [6.45, 7) is 1.33. The Hall–Kier alpha value is -2.11. The molecular weight excluding hydrogens is 200 g/mol. The van der Waals surface area contributed by atoms with Crippen LogP contribution in [-0.2, 0) is 4.79 Å². The average Bonchev–Trinajstić information content (AvgIpc) is 2.16. The van der Waals surface area contributed by atoms with Gasteiger partial charge in [-0.05, 0) is 12.1 Å². The quantitative estimate of drug-likeness (QED) is 0.606. The van der Waals surface area contributed by atoms with E-state index in [1.54, 1.807) is 0 Å². The lowest BCUT2D eigenvalue weighted by Gasteiger charge is -2.04. The van der Waals surface area contributed by atoms with E-state index in [1.807, 2.05) is 0 Å². The third kappa shape index (κ3) is 2.67. The molecule has 15 heavy (non-hydrogen) atoms. The van der Waals surface area contributed by atoms with Crippen molar-refractivity contribution in [2.45, 2.75) is 6.92 Å². The minimum atomic E-state index is -0.565. The molecule has 6 heteroatoms. The number of ether oxygens (including phenoxy) is 1. The number of nitrogens with one attached hydrogen (secondary N) is 1. The van der Waals surface area contributed by atoms with Crippen molar-refractivity contribution >= 4 is 17.3 Å². The molecule has 80 valence electrons. The number of nitro benzene ring substituents is 1. The van der Waals surface area contributed by atoms with Crippen LogP contribution in [0.1, 0.15) is 6.92 Å². The summed E-state index contributed by atoms with van der Waals surface area (Å²) < 4.78 is 4.81. The third-order valence-electron chi connectivity index (χ3n) is 1.70. The maximum absolute atomic E-state index is 10.7. The minimum absolute atomic E-state index is 0.161. The standard InChI is InChI=1S/C9H10N2O4/c1-6(12)10-7-3-4-9(15-2)8(5-7)11(13)14/h3-5H,1-2H3,(H,10,12). The summed E-state index contributed by atoms with van der Waals surface area (Å²) in [4.78, 5) is 20.8. The lowest BCUT2D eigenvalue weighted by Crippen LogP contribution is -2.06. The lowest BCUT2D eigenvalue weighted by molar-refractivity contribution is -0.385. The molecule has 0 fully saturated rings. The van der Waals surface area contributed by atoms with Gasteiger partial charge in [0.1, 0.15) is 0 Å². The van der Waals surface area contributed by atoms with Crippen LogP contribution in [0.25, 0.3) is 0 Å². The van der Waals surface area contributed by atoms with Gasteiger partial charge >= 0.3 is 5.69 Å². The van der Waals surface area contributed by atoms with Gasteiger partial charge in [0.15, 0.2) is 5.75 Å². The fraction of sp³-hybridized carbons (Fsp3) is 0.222. The van der Waals surface area contributed by atoms with Crippen LogP contribution in [0.2, 0.25) is 0 Å². The number of nitro groups is 1. The van der Waals surface area contributed by atoms with E-state index in [-0.39, 0.29) is 17.3 Å². The topological polar surface area (TPSA) is 81.5 Å². The van der Waals surface area contributed by atoms with Crippen LogP contribution in [0.3, 0.4) is 0 Å². The molecule has 0 atom stereocenters. The van der Waals surface area contributed by atoms with Crippen LogP contribution in [0, 0.1) is 10.1 Å². The van der Waals surface area contributed by atoms with Crippen LogP contribution < -0.4 is 10.1 Å². The monoisotopic (exact) mass is 210 g/mol. The Morgan fingerprint density at radius 3 is 2.67 bits per heavy atom. The minimum Gasteiger partial charge on any atom is -0.490 e. The SMILES string of the molecule is COc1ccc(NC(C)=O)cc1[N+](=O)[O-]. The molecule has 0 bridgehead atoms. The van der Waals surface area contributed by atoms with Crippen molar-refractivity contribution in [2.75, 3.05) is 12.4 Å². The molecule has 0 saturated heterocycles. The molecule has 0 unspecified atom stereocenters. The van der Waals surface area contributed by atoms with Gasteiger partial charge in [-0.1, -0.05) is 0 Å². The second kappa shape index (κ2) is 4.41. The molecule has 0 aliphatic carbocycles. The number of amides is 1. The molecule has 1 aromatic rings. The first-order valence-electron chi connectivity index (χ1n) is 4.14. The number of anilines is 1. The van der Waals surface area contributed by atoms with Crippen LogP contribution in [-0.4, -0.2) is 17.9 Å². The van der Waals surface area contributed by atoms with Gasteiger partial charge in [0.25, 0.3) is 0 Å². The Morgan fingerprint density at radius 2 is 2.20 bits per heavy atom. The fourth-order valence-corrected chi connectivity index (χ4v) is 1.11. The Balaban J connectivity index is 3.10. The Bertz CT molecular complexity index is 403. The second-order valence-electron chi connectivity index (χ2n) is 2.82. The maximum Gasteiger partial charge on any atom is 0.312 e. The first kappa shape index (κ1) is 11.0. The highest BCUT2D eigenvalue weighted by Gasteiger charge is 2.15. The zero-order valence-corrected chi connectivity index (χ0v) is 8.31. The van der Waals surface area contributed by atoms with Crippen LogP contribution in [0.15, 0.2) is 18.2 Å². The smallest absolute Gasteiger partial charge is 0.312 e. The summed E-state index contributed by atoms with van der Waals surface area (Å²) in [7, 11) is 1.35. The maximum atomic E-state index is 10.7. The predicted octanol–water partition coefficient (Wildman–Crippen LogP) is 1.56. The normalized spacial score (nSPS) is 9.47. The van der Waals surface area contributed by atoms with Crippen LogP contribution in [0.4, 0.5) is 11.4 Å². The lowest BCUT2D eigenvalue weighted by atomic mass is 10.2. The van der Waals surface area contributed by atoms with Gasteiger partial charge in [0.2, 0.25) is 5.91 Å². The summed E-state index contributed by atoms with van der Waals surface area (Å²) in [5.74, 6) is -0.122. The Labute approximate surface area is 86.0 Å². The molecule has 0 aliphatic heterocycles. The van der Waals surface area contributed by atoms with Gasteiger partial charge in [-0.2, -0.15) is 0 Å². The largest absolute Gasteiger partial charge is 0.490 e. The van der Waals surface area contributed by atoms with Crippen molar-refractivity contribution in [3.63, 3.8) is 0 Å². The highest BCUT2D eigenvalue weighted by atomic mass is 16.6. The molecule has 1 aromatic carbocycles. The number of benzene rings is 1. The molecule has 1 amide bonds. The molecule has 1 N–H and O–H groups in total. The summed E-state index contributed by atoms with van der Waals surface area (Å²) in [6.07, 6.45) is 0. The highest BCUT2D eigenvalue weighted by Crippen LogP contribution is 2.29. The van der Waals surface area contributed by atoms with Gasteiger partial charge in [0, 0.05) is 18.7 Å². The molecule has 6 nitrogen and oxygen atoms in total. The Kier molecular flexibility index (Phi) is 3.22. The van der Waals surface area contributed by atoms with Gasteiger partial charge in [-0.3, -0.25) is 14.9 Å². The summed E-state index contributed by atoms with van der Waals surface area (Å²) in [5, 5.41) is 13.1. The van der Waals surface area contributed by atoms with Gasteiger partial charge < -0.3 is 10.1 Å². The first-order valence-corrected chi connectivity index (χ1v) is 4.14. The number of methoxy groups -OCH3 is 1. The molecule has 0 aliphatic rings. The zero-order chi connectivity index (χ0) is 11.4. The molecule has 0 spiro atoms. The van der Waals surface area contributed by atoms with E-state index in [0.717, 1.165) is 0 Å². The van der Waals surface area contributed by atoms with Crippen molar-refractivity contribution < 1.29 is 14.5 Å². The van der Waals surface area contributed by atoms with Crippen molar-refractivity contribution in [3.05, 3.63) is 28.3 Å². The zero-order valence-electron chi connectivity index (χ0n) is 8.31. The highest BCUT2D eigenvalue weighted by molar-refractivity contribution is 5.89. The number of hydrogen-bond donors (Lipinski definition) is 1. The van der Waals surface area contributed by atoms with Crippen molar-refractivity contribution in [1.29, 1.82) is 0 Å².